The van der Waals surface area contributed by atoms with Gasteiger partial charge in [-0.25, -0.2) is 0 Å². The summed E-state index contributed by atoms with van der Waals surface area (Å²) < 4.78 is 11.1. The second-order valence-corrected chi connectivity index (χ2v) is 7.20. The molecule has 0 radical (unpaired) electrons. The molecule has 4 unspecified atom stereocenters. The molecule has 1 saturated heterocycles. The van der Waals surface area contributed by atoms with Gasteiger partial charge in [-0.2, -0.15) is 0 Å². The molecule has 2 aliphatic heterocycles. The van der Waals surface area contributed by atoms with E-state index in [0.717, 1.165) is 10.9 Å². The largest absolute Gasteiger partial charge is 0.467 e. The Labute approximate surface area is 166 Å². The summed E-state index contributed by atoms with van der Waals surface area (Å²) in [5.41, 5.74) is 1.52. The van der Waals surface area contributed by atoms with Crippen LogP contribution in [0.3, 0.4) is 0 Å². The summed E-state index contributed by atoms with van der Waals surface area (Å²) in [5, 5.41) is 6.72. The van der Waals surface area contributed by atoms with Crippen LogP contribution >= 0.6 is 0 Å². The molecule has 7 heteroatoms. The zero-order chi connectivity index (χ0) is 19.8. The first-order valence-corrected chi connectivity index (χ1v) is 9.48. The van der Waals surface area contributed by atoms with Crippen molar-refractivity contribution in [2.75, 3.05) is 5.32 Å². The van der Waals surface area contributed by atoms with Gasteiger partial charge in [0.1, 0.15) is 5.76 Å². The molecule has 5 rings (SSSR count). The van der Waals surface area contributed by atoms with Crippen LogP contribution in [-0.4, -0.2) is 29.0 Å². The van der Waals surface area contributed by atoms with Crippen molar-refractivity contribution in [1.29, 1.82) is 0 Å². The second kappa shape index (κ2) is 7.18. The number of carbonyl (C=O) groups excluding carboxylic acids is 2. The highest BCUT2D eigenvalue weighted by Crippen LogP contribution is 2.40. The number of amides is 2. The molecule has 146 valence electrons. The Balaban J connectivity index is 1.32. The Morgan fingerprint density at radius 2 is 1.83 bits per heavy atom. The minimum Gasteiger partial charge on any atom is -0.467 e. The summed E-state index contributed by atoms with van der Waals surface area (Å²) in [6.45, 7) is 0.273. The average molecular weight is 389 g/mol. The van der Waals surface area contributed by atoms with Crippen LogP contribution < -0.4 is 10.6 Å². The monoisotopic (exact) mass is 389 g/mol. The highest BCUT2D eigenvalue weighted by atomic mass is 16.5. The van der Waals surface area contributed by atoms with Gasteiger partial charge in [-0.15, -0.1) is 0 Å². The topological polar surface area (TPSA) is 93.5 Å². The number of nitrogens with one attached hydrogen (secondary N) is 2. The summed E-state index contributed by atoms with van der Waals surface area (Å²) in [6.07, 6.45) is 6.20. The summed E-state index contributed by atoms with van der Waals surface area (Å²) in [5.74, 6) is -0.971. The fourth-order valence-electron chi connectivity index (χ4n) is 4.02. The van der Waals surface area contributed by atoms with Crippen molar-refractivity contribution in [3.8, 4) is 0 Å². The van der Waals surface area contributed by atoms with Crippen molar-refractivity contribution < 1.29 is 18.7 Å². The number of anilines is 1. The maximum absolute atomic E-state index is 13.0. The number of aromatic nitrogens is 1. The van der Waals surface area contributed by atoms with E-state index in [1.165, 1.54) is 0 Å². The first kappa shape index (κ1) is 17.6. The molecule has 0 spiro atoms. The number of benzene rings is 1. The number of furan rings is 1. The number of hydrogen-bond acceptors (Lipinski definition) is 5. The van der Waals surface area contributed by atoms with E-state index < -0.39 is 24.0 Å². The summed E-state index contributed by atoms with van der Waals surface area (Å²) >= 11 is 0. The maximum Gasteiger partial charge on any atom is 0.231 e. The van der Waals surface area contributed by atoms with Gasteiger partial charge in [0.25, 0.3) is 0 Å². The highest BCUT2D eigenvalue weighted by molar-refractivity contribution is 5.99. The van der Waals surface area contributed by atoms with E-state index >= 15 is 0 Å². The average Bonchev–Trinajstić information content (AvgIpc) is 3.49. The van der Waals surface area contributed by atoms with Crippen LogP contribution in [0.5, 0.6) is 0 Å². The molecule has 0 saturated carbocycles. The lowest BCUT2D eigenvalue weighted by Gasteiger charge is -2.23. The van der Waals surface area contributed by atoms with E-state index in [-0.39, 0.29) is 18.4 Å². The molecule has 0 aliphatic carbocycles. The summed E-state index contributed by atoms with van der Waals surface area (Å²) in [4.78, 5) is 30.2. The molecule has 2 bridgehead atoms. The molecule has 2 aliphatic rings. The van der Waals surface area contributed by atoms with Crippen LogP contribution in [0.2, 0.25) is 0 Å². The predicted octanol–water partition coefficient (Wildman–Crippen LogP) is 2.65. The Morgan fingerprint density at radius 1 is 1.00 bits per heavy atom. The van der Waals surface area contributed by atoms with Crippen molar-refractivity contribution in [2.45, 2.75) is 18.8 Å². The van der Waals surface area contributed by atoms with Crippen LogP contribution in [0.25, 0.3) is 10.9 Å². The minimum atomic E-state index is -0.591. The number of nitrogens with zero attached hydrogens (tertiary/aromatic N) is 1. The lowest BCUT2D eigenvalue weighted by molar-refractivity contribution is -0.131. The van der Waals surface area contributed by atoms with E-state index in [4.69, 9.17) is 9.15 Å². The van der Waals surface area contributed by atoms with Gasteiger partial charge in [-0.1, -0.05) is 18.2 Å². The normalized spacial score (nSPS) is 24.7. The summed E-state index contributed by atoms with van der Waals surface area (Å²) in [7, 11) is 0. The Morgan fingerprint density at radius 3 is 2.62 bits per heavy atom. The third-order valence-electron chi connectivity index (χ3n) is 5.39. The summed E-state index contributed by atoms with van der Waals surface area (Å²) in [6, 6.07) is 12.9. The first-order valence-electron chi connectivity index (χ1n) is 9.48. The molecule has 4 heterocycles. The Hall–Kier alpha value is -3.45. The molecule has 2 N–H and O–H groups in total. The Kier molecular flexibility index (Phi) is 4.37. The van der Waals surface area contributed by atoms with Gasteiger partial charge in [-0.3, -0.25) is 14.6 Å². The molecule has 1 fully saturated rings. The van der Waals surface area contributed by atoms with Crippen molar-refractivity contribution in [3.63, 3.8) is 0 Å². The fraction of sp³-hybridized carbons (Fsp3) is 0.227. The van der Waals surface area contributed by atoms with Gasteiger partial charge in [0.2, 0.25) is 11.8 Å². The van der Waals surface area contributed by atoms with Crippen LogP contribution in [0.4, 0.5) is 5.69 Å². The SMILES string of the molecule is O=C(NCc1ccco1)C1C2C=CC(O2)C1C(=O)Nc1ccc2ncccc2c1. The molecular weight excluding hydrogens is 370 g/mol. The number of carbonyl (C=O) groups is 2. The molecule has 2 aromatic heterocycles. The fourth-order valence-corrected chi connectivity index (χ4v) is 4.02. The zero-order valence-corrected chi connectivity index (χ0v) is 15.4. The van der Waals surface area contributed by atoms with E-state index in [0.29, 0.717) is 11.4 Å². The van der Waals surface area contributed by atoms with Crippen molar-refractivity contribution in [3.05, 3.63) is 72.8 Å². The van der Waals surface area contributed by atoms with Gasteiger partial charge in [0.05, 0.1) is 42.4 Å². The third kappa shape index (κ3) is 3.30. The van der Waals surface area contributed by atoms with Crippen molar-refractivity contribution in [2.24, 2.45) is 11.8 Å². The van der Waals surface area contributed by atoms with Crippen LogP contribution in [0, 0.1) is 11.8 Å². The second-order valence-electron chi connectivity index (χ2n) is 7.20. The van der Waals surface area contributed by atoms with Crippen molar-refractivity contribution in [1.82, 2.24) is 10.3 Å². The quantitative estimate of drug-likeness (QED) is 0.655. The van der Waals surface area contributed by atoms with E-state index in [1.54, 1.807) is 24.6 Å². The maximum atomic E-state index is 13.0. The molecule has 7 nitrogen and oxygen atoms in total. The molecular formula is C22H19N3O4. The lowest BCUT2D eigenvalue weighted by Crippen LogP contribution is -2.44. The van der Waals surface area contributed by atoms with E-state index in [9.17, 15) is 9.59 Å². The first-order chi connectivity index (χ1) is 14.2. The number of hydrogen-bond donors (Lipinski definition) is 2. The third-order valence-corrected chi connectivity index (χ3v) is 5.39. The standard InChI is InChI=1S/C22H19N3O4/c26-21(24-12-15-4-2-10-28-15)19-17-7-8-18(29-17)20(19)22(27)25-14-5-6-16-13(11-14)3-1-9-23-16/h1-11,17-20H,12H2,(H,24,26)(H,25,27). The number of rotatable bonds is 5. The number of ether oxygens (including phenoxy) is 1. The number of fused-ring (bicyclic) bond motifs is 3. The van der Waals surface area contributed by atoms with Crippen LogP contribution in [0.15, 0.2) is 71.5 Å². The van der Waals surface area contributed by atoms with Gasteiger partial charge in [0.15, 0.2) is 0 Å². The number of pyridine rings is 1. The molecule has 29 heavy (non-hydrogen) atoms. The van der Waals surface area contributed by atoms with Crippen molar-refractivity contribution >= 4 is 28.4 Å². The van der Waals surface area contributed by atoms with Gasteiger partial charge in [0, 0.05) is 17.3 Å². The van der Waals surface area contributed by atoms with Gasteiger partial charge >= 0.3 is 0 Å². The van der Waals surface area contributed by atoms with Crippen LogP contribution in [-0.2, 0) is 20.9 Å². The molecule has 4 atom stereocenters. The Bertz CT molecular complexity index is 1090. The van der Waals surface area contributed by atoms with Gasteiger partial charge in [-0.05, 0) is 36.4 Å². The van der Waals surface area contributed by atoms with E-state index in [2.05, 4.69) is 15.6 Å². The van der Waals surface area contributed by atoms with Crippen LogP contribution in [0.1, 0.15) is 5.76 Å². The van der Waals surface area contributed by atoms with Gasteiger partial charge < -0.3 is 19.8 Å². The predicted molar refractivity (Wildman–Crippen MR) is 106 cm³/mol. The highest BCUT2D eigenvalue weighted by Gasteiger charge is 2.52. The van der Waals surface area contributed by atoms with E-state index in [1.807, 2.05) is 42.5 Å². The minimum absolute atomic E-state index is 0.221. The smallest absolute Gasteiger partial charge is 0.231 e. The lowest BCUT2D eigenvalue weighted by atomic mass is 9.81. The molecule has 3 aromatic rings. The molecule has 1 aromatic carbocycles. The zero-order valence-electron chi connectivity index (χ0n) is 15.4. The molecule has 2 amide bonds.